The maximum atomic E-state index is 11.9. The van der Waals surface area contributed by atoms with E-state index in [2.05, 4.69) is 0 Å². The van der Waals surface area contributed by atoms with Crippen LogP contribution >= 0.6 is 0 Å². The molecule has 1 unspecified atom stereocenters. The van der Waals surface area contributed by atoms with Gasteiger partial charge in [0, 0.05) is 24.5 Å². The third-order valence-electron chi connectivity index (χ3n) is 3.00. The molecule has 1 aliphatic rings. The molecule has 1 saturated heterocycles. The van der Waals surface area contributed by atoms with Gasteiger partial charge in [-0.15, -0.1) is 0 Å². The summed E-state index contributed by atoms with van der Waals surface area (Å²) in [7, 11) is 0. The Morgan fingerprint density at radius 1 is 1.44 bits per heavy atom. The molecule has 3 nitrogen and oxygen atoms in total. The summed E-state index contributed by atoms with van der Waals surface area (Å²) in [5.41, 5.74) is 7.37. The van der Waals surface area contributed by atoms with Crippen LogP contribution in [0.1, 0.15) is 34.7 Å². The Kier molecular flexibility index (Phi) is 3.70. The normalized spacial score (nSPS) is 19.9. The maximum Gasteiger partial charge on any atom is 0.164 e. The Morgan fingerprint density at radius 3 is 2.94 bits per heavy atom. The molecule has 0 aliphatic carbocycles. The lowest BCUT2D eigenvalue weighted by atomic mass is 9.91. The molecule has 86 valence electrons. The van der Waals surface area contributed by atoms with Crippen LogP contribution in [-0.4, -0.2) is 25.5 Å². The molecule has 16 heavy (non-hydrogen) atoms. The number of benzene rings is 1. The maximum absolute atomic E-state index is 11.9. The first-order valence-corrected chi connectivity index (χ1v) is 5.73. The predicted octanol–water partition coefficient (Wildman–Crippen LogP) is 1.72. The average molecular weight is 219 g/mol. The van der Waals surface area contributed by atoms with Gasteiger partial charge in [-0.3, -0.25) is 4.79 Å². The first-order chi connectivity index (χ1) is 7.83. The zero-order chi connectivity index (χ0) is 11.4. The molecule has 1 aromatic carbocycles. The molecule has 0 bridgehead atoms. The molecule has 1 aliphatic heterocycles. The van der Waals surface area contributed by atoms with Crippen molar-refractivity contribution in [3.05, 3.63) is 35.4 Å². The Hall–Kier alpha value is -1.19. The number of nitrogens with two attached hydrogens (primary N) is 1. The van der Waals surface area contributed by atoms with Crippen LogP contribution in [-0.2, 0) is 4.74 Å². The molecule has 1 heterocycles. The SMILES string of the molecule is NCCC(=O)c1ccccc1C1CCOC1. The first-order valence-electron chi connectivity index (χ1n) is 5.73. The molecule has 0 saturated carbocycles. The Balaban J connectivity index is 2.26. The largest absolute Gasteiger partial charge is 0.381 e. The second-order valence-electron chi connectivity index (χ2n) is 4.11. The van der Waals surface area contributed by atoms with Crippen LogP contribution in [0.2, 0.25) is 0 Å². The summed E-state index contributed by atoms with van der Waals surface area (Å²) in [6.07, 6.45) is 1.43. The van der Waals surface area contributed by atoms with E-state index >= 15 is 0 Å². The molecule has 0 aromatic heterocycles. The number of carbonyl (C=O) groups is 1. The number of hydrogen-bond acceptors (Lipinski definition) is 3. The van der Waals surface area contributed by atoms with E-state index < -0.39 is 0 Å². The highest BCUT2D eigenvalue weighted by molar-refractivity contribution is 5.97. The average Bonchev–Trinajstić information content (AvgIpc) is 2.83. The molecule has 3 heteroatoms. The highest BCUT2D eigenvalue weighted by atomic mass is 16.5. The minimum absolute atomic E-state index is 0.144. The molecule has 0 amide bonds. The smallest absolute Gasteiger partial charge is 0.164 e. The van der Waals surface area contributed by atoms with Crippen molar-refractivity contribution in [3.63, 3.8) is 0 Å². The van der Waals surface area contributed by atoms with Gasteiger partial charge in [0.1, 0.15) is 0 Å². The van der Waals surface area contributed by atoms with Gasteiger partial charge in [0.2, 0.25) is 0 Å². The summed E-state index contributed by atoms with van der Waals surface area (Å²) in [6, 6.07) is 7.81. The van der Waals surface area contributed by atoms with Crippen molar-refractivity contribution in [2.45, 2.75) is 18.8 Å². The molecule has 0 radical (unpaired) electrons. The van der Waals surface area contributed by atoms with Gasteiger partial charge in [-0.05, 0) is 18.5 Å². The third kappa shape index (κ3) is 2.31. The van der Waals surface area contributed by atoms with Gasteiger partial charge in [0.05, 0.1) is 6.61 Å². The quantitative estimate of drug-likeness (QED) is 0.784. The molecular weight excluding hydrogens is 202 g/mol. The highest BCUT2D eigenvalue weighted by Crippen LogP contribution is 2.28. The number of Topliss-reactive ketones (excluding diaryl/α,β-unsaturated/α-hetero) is 1. The van der Waals surface area contributed by atoms with Crippen LogP contribution in [0.15, 0.2) is 24.3 Å². The lowest BCUT2D eigenvalue weighted by Crippen LogP contribution is -2.12. The Morgan fingerprint density at radius 2 is 2.25 bits per heavy atom. The van der Waals surface area contributed by atoms with Crippen molar-refractivity contribution in [3.8, 4) is 0 Å². The summed E-state index contributed by atoms with van der Waals surface area (Å²) in [6.45, 7) is 1.94. The number of ketones is 1. The molecule has 0 spiro atoms. The lowest BCUT2D eigenvalue weighted by Gasteiger charge is -2.12. The van der Waals surface area contributed by atoms with Crippen molar-refractivity contribution in [2.75, 3.05) is 19.8 Å². The number of hydrogen-bond donors (Lipinski definition) is 1. The number of ether oxygens (including phenoxy) is 1. The van der Waals surface area contributed by atoms with Crippen LogP contribution in [0, 0.1) is 0 Å². The summed E-state index contributed by atoms with van der Waals surface area (Å²) in [5.74, 6) is 0.517. The van der Waals surface area contributed by atoms with Crippen molar-refractivity contribution >= 4 is 5.78 Å². The Labute approximate surface area is 95.6 Å². The molecule has 2 rings (SSSR count). The van der Waals surface area contributed by atoms with Crippen LogP contribution in [0.5, 0.6) is 0 Å². The van der Waals surface area contributed by atoms with E-state index in [1.807, 2.05) is 24.3 Å². The van der Waals surface area contributed by atoms with Gasteiger partial charge < -0.3 is 10.5 Å². The first kappa shape index (κ1) is 11.3. The molecule has 1 atom stereocenters. The van der Waals surface area contributed by atoms with E-state index in [4.69, 9.17) is 10.5 Å². The zero-order valence-electron chi connectivity index (χ0n) is 9.32. The minimum atomic E-state index is 0.144. The van der Waals surface area contributed by atoms with Gasteiger partial charge in [-0.2, -0.15) is 0 Å². The van der Waals surface area contributed by atoms with E-state index in [-0.39, 0.29) is 5.78 Å². The van der Waals surface area contributed by atoms with Crippen molar-refractivity contribution in [2.24, 2.45) is 5.73 Å². The molecular formula is C13H17NO2. The summed E-state index contributed by atoms with van der Waals surface area (Å²) >= 11 is 0. The standard InChI is InChI=1S/C13H17NO2/c14-7-5-13(15)12-4-2-1-3-11(12)10-6-8-16-9-10/h1-4,10H,5-9,14H2. The zero-order valence-corrected chi connectivity index (χ0v) is 9.32. The van der Waals surface area contributed by atoms with Crippen LogP contribution in [0.25, 0.3) is 0 Å². The van der Waals surface area contributed by atoms with Crippen molar-refractivity contribution in [1.29, 1.82) is 0 Å². The van der Waals surface area contributed by atoms with Crippen molar-refractivity contribution in [1.82, 2.24) is 0 Å². The van der Waals surface area contributed by atoms with E-state index in [0.717, 1.165) is 30.8 Å². The second-order valence-corrected chi connectivity index (χ2v) is 4.11. The van der Waals surface area contributed by atoms with E-state index in [1.165, 1.54) is 0 Å². The van der Waals surface area contributed by atoms with E-state index in [1.54, 1.807) is 0 Å². The number of rotatable bonds is 4. The topological polar surface area (TPSA) is 52.3 Å². The van der Waals surface area contributed by atoms with Gasteiger partial charge in [0.25, 0.3) is 0 Å². The van der Waals surface area contributed by atoms with Crippen LogP contribution < -0.4 is 5.73 Å². The summed E-state index contributed by atoms with van der Waals surface area (Å²) < 4.78 is 5.37. The molecule has 2 N–H and O–H groups in total. The second kappa shape index (κ2) is 5.23. The van der Waals surface area contributed by atoms with Gasteiger partial charge in [0.15, 0.2) is 5.78 Å². The van der Waals surface area contributed by atoms with E-state index in [0.29, 0.717) is 18.9 Å². The predicted molar refractivity (Wildman–Crippen MR) is 62.6 cm³/mol. The summed E-state index contributed by atoms with van der Waals surface area (Å²) in [4.78, 5) is 11.9. The highest BCUT2D eigenvalue weighted by Gasteiger charge is 2.22. The fourth-order valence-electron chi connectivity index (χ4n) is 2.15. The Bertz CT molecular complexity index is 370. The molecule has 1 fully saturated rings. The summed E-state index contributed by atoms with van der Waals surface area (Å²) in [5, 5.41) is 0. The molecule has 1 aromatic rings. The van der Waals surface area contributed by atoms with E-state index in [9.17, 15) is 4.79 Å². The van der Waals surface area contributed by atoms with Gasteiger partial charge in [-0.1, -0.05) is 24.3 Å². The third-order valence-corrected chi connectivity index (χ3v) is 3.00. The van der Waals surface area contributed by atoms with Crippen LogP contribution in [0.3, 0.4) is 0 Å². The van der Waals surface area contributed by atoms with Gasteiger partial charge >= 0.3 is 0 Å². The monoisotopic (exact) mass is 219 g/mol. The van der Waals surface area contributed by atoms with Crippen LogP contribution in [0.4, 0.5) is 0 Å². The lowest BCUT2D eigenvalue weighted by molar-refractivity contribution is 0.0984. The van der Waals surface area contributed by atoms with Gasteiger partial charge in [-0.25, -0.2) is 0 Å². The minimum Gasteiger partial charge on any atom is -0.381 e. The van der Waals surface area contributed by atoms with Crippen molar-refractivity contribution < 1.29 is 9.53 Å². The fourth-order valence-corrected chi connectivity index (χ4v) is 2.15. The fraction of sp³-hybridized carbons (Fsp3) is 0.462. The number of carbonyl (C=O) groups excluding carboxylic acids is 1.